The summed E-state index contributed by atoms with van der Waals surface area (Å²) in [6.45, 7) is 1.51. The lowest BCUT2D eigenvalue weighted by molar-refractivity contribution is 0.0957. The van der Waals surface area contributed by atoms with E-state index < -0.39 is 11.6 Å². The van der Waals surface area contributed by atoms with Gasteiger partial charge in [0.1, 0.15) is 0 Å². The van der Waals surface area contributed by atoms with E-state index in [4.69, 9.17) is 0 Å². The van der Waals surface area contributed by atoms with Gasteiger partial charge in [0.25, 0.3) is 5.91 Å². The summed E-state index contributed by atoms with van der Waals surface area (Å²) >= 11 is 0. The van der Waals surface area contributed by atoms with Crippen LogP contribution in [0.1, 0.15) is 28.9 Å². The lowest BCUT2D eigenvalue weighted by Gasteiger charge is -2.29. The number of hydrogen-bond donors (Lipinski definition) is 1. The molecule has 25 heavy (non-hydrogen) atoms. The first-order chi connectivity index (χ1) is 12.1. The Morgan fingerprint density at radius 1 is 1.12 bits per heavy atom. The van der Waals surface area contributed by atoms with Crippen molar-refractivity contribution < 1.29 is 13.6 Å². The van der Waals surface area contributed by atoms with Gasteiger partial charge in [0.2, 0.25) is 0 Å². The molecule has 1 saturated heterocycles. The Morgan fingerprint density at radius 2 is 1.88 bits per heavy atom. The molecule has 0 spiro atoms. The maximum Gasteiger partial charge on any atom is 0.271 e. The highest BCUT2D eigenvalue weighted by atomic mass is 19.2. The second kappa shape index (κ2) is 7.38. The van der Waals surface area contributed by atoms with Gasteiger partial charge in [-0.1, -0.05) is 17.7 Å². The number of piperidine rings is 1. The van der Waals surface area contributed by atoms with E-state index in [1.165, 1.54) is 11.6 Å². The minimum Gasteiger partial charge on any atom is -0.354 e. The topological polar surface area (TPSA) is 58.1 Å². The molecular formula is C18H18F2N4O. The van der Waals surface area contributed by atoms with Crippen LogP contribution in [0.15, 0.2) is 35.9 Å². The van der Waals surface area contributed by atoms with Crippen molar-refractivity contribution in [3.8, 4) is 0 Å². The van der Waals surface area contributed by atoms with Gasteiger partial charge in [0, 0.05) is 20.1 Å². The molecule has 5 nitrogen and oxygen atoms in total. The van der Waals surface area contributed by atoms with Gasteiger partial charge in [-0.2, -0.15) is 0 Å². The maximum absolute atomic E-state index is 13.3. The van der Waals surface area contributed by atoms with Crippen LogP contribution in [0.2, 0.25) is 0 Å². The maximum atomic E-state index is 13.3. The van der Waals surface area contributed by atoms with Crippen LogP contribution in [0.4, 0.5) is 14.6 Å². The molecule has 3 rings (SSSR count). The van der Waals surface area contributed by atoms with Gasteiger partial charge in [-0.25, -0.2) is 8.78 Å². The molecule has 1 aliphatic rings. The van der Waals surface area contributed by atoms with Gasteiger partial charge >= 0.3 is 0 Å². The summed E-state index contributed by atoms with van der Waals surface area (Å²) in [6.07, 6.45) is 3.51. The molecule has 1 aromatic heterocycles. The average Bonchev–Trinajstić information content (AvgIpc) is 2.65. The van der Waals surface area contributed by atoms with Crippen molar-refractivity contribution in [2.24, 2.45) is 0 Å². The molecule has 0 saturated carbocycles. The zero-order valence-electron chi connectivity index (χ0n) is 13.8. The lowest BCUT2D eigenvalue weighted by atomic mass is 10.0. The van der Waals surface area contributed by atoms with Crippen LogP contribution in [0.25, 0.3) is 6.08 Å². The van der Waals surface area contributed by atoms with E-state index in [0.29, 0.717) is 5.56 Å². The third kappa shape index (κ3) is 3.99. The summed E-state index contributed by atoms with van der Waals surface area (Å²) in [5.41, 5.74) is 2.12. The summed E-state index contributed by atoms with van der Waals surface area (Å²) < 4.78 is 26.3. The van der Waals surface area contributed by atoms with E-state index >= 15 is 0 Å². The van der Waals surface area contributed by atoms with Crippen molar-refractivity contribution in [2.45, 2.75) is 12.8 Å². The van der Waals surface area contributed by atoms with Crippen LogP contribution >= 0.6 is 0 Å². The standard InChI is InChI=1S/C18H18F2N4O/c1-21-18(25)16-4-5-17(23-22-16)24-8-6-12(7-9-24)10-13-2-3-14(19)15(20)11-13/h2-5,10-11H,6-9H2,1H3,(H,21,25). The highest BCUT2D eigenvalue weighted by Gasteiger charge is 2.16. The van der Waals surface area contributed by atoms with Crippen LogP contribution < -0.4 is 10.2 Å². The molecule has 1 amide bonds. The van der Waals surface area contributed by atoms with E-state index in [9.17, 15) is 13.6 Å². The summed E-state index contributed by atoms with van der Waals surface area (Å²) in [6, 6.07) is 7.34. The van der Waals surface area contributed by atoms with Crippen LogP contribution in [-0.4, -0.2) is 36.2 Å². The first kappa shape index (κ1) is 17.0. The van der Waals surface area contributed by atoms with Crippen molar-refractivity contribution in [1.82, 2.24) is 15.5 Å². The predicted molar refractivity (Wildman–Crippen MR) is 91.2 cm³/mol. The molecule has 2 aromatic rings. The molecule has 0 bridgehead atoms. The molecule has 2 heterocycles. The Kier molecular flexibility index (Phi) is 5.02. The minimum absolute atomic E-state index is 0.269. The molecule has 1 aliphatic heterocycles. The van der Waals surface area contributed by atoms with Gasteiger partial charge in [-0.3, -0.25) is 4.79 Å². The van der Waals surface area contributed by atoms with Crippen molar-refractivity contribution in [2.75, 3.05) is 25.0 Å². The Morgan fingerprint density at radius 3 is 2.48 bits per heavy atom. The SMILES string of the molecule is CNC(=O)c1ccc(N2CCC(=Cc3ccc(F)c(F)c3)CC2)nn1. The third-order valence-electron chi connectivity index (χ3n) is 4.15. The highest BCUT2D eigenvalue weighted by Crippen LogP contribution is 2.23. The number of nitrogens with zero attached hydrogens (tertiary/aromatic N) is 3. The third-order valence-corrected chi connectivity index (χ3v) is 4.15. The van der Waals surface area contributed by atoms with Gasteiger partial charge < -0.3 is 10.2 Å². The van der Waals surface area contributed by atoms with Gasteiger partial charge in [-0.15, -0.1) is 10.2 Å². The molecule has 1 N–H and O–H groups in total. The molecule has 0 unspecified atom stereocenters. The molecule has 0 radical (unpaired) electrons. The smallest absolute Gasteiger partial charge is 0.271 e. The number of hydrogen-bond acceptors (Lipinski definition) is 4. The number of rotatable bonds is 3. The van der Waals surface area contributed by atoms with Crippen LogP contribution in [0, 0.1) is 11.6 Å². The summed E-state index contributed by atoms with van der Waals surface area (Å²) in [7, 11) is 1.55. The molecule has 0 aliphatic carbocycles. The molecule has 130 valence electrons. The minimum atomic E-state index is -0.837. The summed E-state index contributed by atoms with van der Waals surface area (Å²) in [4.78, 5) is 13.6. The van der Waals surface area contributed by atoms with E-state index in [-0.39, 0.29) is 11.6 Å². The lowest BCUT2D eigenvalue weighted by Crippen LogP contribution is -2.31. The fourth-order valence-electron chi connectivity index (χ4n) is 2.75. The van der Waals surface area contributed by atoms with E-state index in [2.05, 4.69) is 20.4 Å². The average molecular weight is 344 g/mol. The quantitative estimate of drug-likeness (QED) is 0.930. The van der Waals surface area contributed by atoms with Crippen molar-refractivity contribution in [1.29, 1.82) is 0 Å². The summed E-state index contributed by atoms with van der Waals surface area (Å²) in [5, 5.41) is 10.5. The monoisotopic (exact) mass is 344 g/mol. The van der Waals surface area contributed by atoms with Gasteiger partial charge in [0.15, 0.2) is 23.1 Å². The molecular weight excluding hydrogens is 326 g/mol. The van der Waals surface area contributed by atoms with E-state index in [0.717, 1.165) is 37.8 Å². The number of nitrogens with one attached hydrogen (secondary N) is 1. The Bertz CT molecular complexity index is 795. The highest BCUT2D eigenvalue weighted by molar-refractivity contribution is 5.91. The number of amides is 1. The Balaban J connectivity index is 1.64. The number of anilines is 1. The molecule has 0 atom stereocenters. The molecule has 7 heteroatoms. The van der Waals surface area contributed by atoms with Crippen molar-refractivity contribution in [3.63, 3.8) is 0 Å². The van der Waals surface area contributed by atoms with Gasteiger partial charge in [0.05, 0.1) is 0 Å². The normalized spacial score (nSPS) is 14.4. The predicted octanol–water partition coefficient (Wildman–Crippen LogP) is 2.80. The number of benzene rings is 1. The van der Waals surface area contributed by atoms with E-state index in [1.807, 2.05) is 6.08 Å². The fourth-order valence-corrected chi connectivity index (χ4v) is 2.75. The van der Waals surface area contributed by atoms with Crippen molar-refractivity contribution >= 4 is 17.8 Å². The van der Waals surface area contributed by atoms with Gasteiger partial charge in [-0.05, 0) is 42.7 Å². The zero-order valence-corrected chi connectivity index (χ0v) is 13.8. The molecule has 1 aromatic carbocycles. The van der Waals surface area contributed by atoms with Crippen molar-refractivity contribution in [3.05, 3.63) is 58.8 Å². The second-order valence-corrected chi connectivity index (χ2v) is 5.82. The number of carbonyl (C=O) groups excluding carboxylic acids is 1. The number of halogens is 2. The second-order valence-electron chi connectivity index (χ2n) is 5.82. The fraction of sp³-hybridized carbons (Fsp3) is 0.278. The zero-order chi connectivity index (χ0) is 17.8. The number of carbonyl (C=O) groups is 1. The van der Waals surface area contributed by atoms with Crippen LogP contribution in [0.5, 0.6) is 0 Å². The van der Waals surface area contributed by atoms with Crippen LogP contribution in [-0.2, 0) is 0 Å². The Labute approximate surface area is 144 Å². The first-order valence-corrected chi connectivity index (χ1v) is 8.02. The summed E-state index contributed by atoms with van der Waals surface area (Å²) in [5.74, 6) is -1.22. The molecule has 1 fully saturated rings. The first-order valence-electron chi connectivity index (χ1n) is 8.02. The van der Waals surface area contributed by atoms with Crippen LogP contribution in [0.3, 0.4) is 0 Å². The Hall–Kier alpha value is -2.83. The van der Waals surface area contributed by atoms with E-state index in [1.54, 1.807) is 25.2 Å². The largest absolute Gasteiger partial charge is 0.354 e. The number of aromatic nitrogens is 2.